The van der Waals surface area contributed by atoms with E-state index in [4.69, 9.17) is 10.1 Å². The first-order valence-electron chi connectivity index (χ1n) is 11.9. The van der Waals surface area contributed by atoms with Crippen LogP contribution in [0.25, 0.3) is 22.4 Å². The van der Waals surface area contributed by atoms with E-state index < -0.39 is 0 Å². The first-order chi connectivity index (χ1) is 16.9. The van der Waals surface area contributed by atoms with Gasteiger partial charge in [0.25, 0.3) is 0 Å². The Balaban J connectivity index is 1.36. The van der Waals surface area contributed by atoms with Gasteiger partial charge in [-0.05, 0) is 42.5 Å². The summed E-state index contributed by atoms with van der Waals surface area (Å²) in [5, 5.41) is 13.8. The molecule has 0 atom stereocenters. The van der Waals surface area contributed by atoms with E-state index in [2.05, 4.69) is 52.4 Å². The average molecular weight is 465 g/mol. The fourth-order valence-electron chi connectivity index (χ4n) is 4.96. The van der Waals surface area contributed by atoms with Crippen molar-refractivity contribution in [2.24, 2.45) is 21.1 Å². The second-order valence-corrected chi connectivity index (χ2v) is 9.41. The lowest BCUT2D eigenvalue weighted by Crippen LogP contribution is -2.10. The highest BCUT2D eigenvalue weighted by molar-refractivity contribution is 5.71. The van der Waals surface area contributed by atoms with E-state index in [1.54, 1.807) is 0 Å². The van der Waals surface area contributed by atoms with Crippen LogP contribution in [0.5, 0.6) is 0 Å². The summed E-state index contributed by atoms with van der Waals surface area (Å²) in [5.74, 6) is 0.795. The molecule has 1 aliphatic rings. The minimum absolute atomic E-state index is 0.618. The first kappa shape index (κ1) is 21.5. The molecule has 6 rings (SSSR count). The number of benzene rings is 1. The number of fused-ring (bicyclic) bond motifs is 3. The van der Waals surface area contributed by atoms with Crippen LogP contribution in [-0.2, 0) is 46.8 Å². The van der Waals surface area contributed by atoms with E-state index in [9.17, 15) is 0 Å². The normalized spacial score (nSPS) is 12.6. The molecule has 0 radical (unpaired) electrons. The molecule has 0 bridgehead atoms. The fourth-order valence-corrected chi connectivity index (χ4v) is 4.96. The summed E-state index contributed by atoms with van der Waals surface area (Å²) < 4.78 is 5.76. The van der Waals surface area contributed by atoms with E-state index in [0.29, 0.717) is 6.42 Å². The molecule has 1 aliphatic carbocycles. The molecule has 1 aromatic carbocycles. The van der Waals surface area contributed by atoms with Crippen molar-refractivity contribution in [1.29, 1.82) is 0 Å². The number of aromatic nitrogens is 8. The zero-order valence-corrected chi connectivity index (χ0v) is 20.5. The SMILES string of the molecule is Cc1cc(Cc2ncc3c(n2)-c2c(nn(C)c2Cc2cccc(-c4cnn(C)c4)c2)CC3)nn1C. The highest BCUT2D eigenvalue weighted by atomic mass is 15.3. The Morgan fingerprint density at radius 1 is 0.914 bits per heavy atom. The average Bonchev–Trinajstić information content (AvgIpc) is 3.51. The van der Waals surface area contributed by atoms with Crippen molar-refractivity contribution in [2.45, 2.75) is 32.6 Å². The summed E-state index contributed by atoms with van der Waals surface area (Å²) in [6.45, 7) is 2.06. The molecule has 35 heavy (non-hydrogen) atoms. The standard InChI is InChI=1S/C27H28N8/c1-17-10-22(31-34(17)3)13-25-28-14-20-8-9-23-26(27(20)30-25)24(35(4)32-23)12-18-6-5-7-19(11-18)21-15-29-33(2)16-21/h5-7,10-11,14-16H,8-9,12-13H2,1-4H3. The summed E-state index contributed by atoms with van der Waals surface area (Å²) >= 11 is 0. The van der Waals surface area contributed by atoms with Crippen LogP contribution < -0.4 is 0 Å². The molecule has 0 saturated carbocycles. The van der Waals surface area contributed by atoms with Crippen LogP contribution in [0.3, 0.4) is 0 Å². The number of aryl methyl sites for hydroxylation is 6. The lowest BCUT2D eigenvalue weighted by Gasteiger charge is -2.16. The molecule has 0 spiro atoms. The zero-order valence-electron chi connectivity index (χ0n) is 20.5. The summed E-state index contributed by atoms with van der Waals surface area (Å²) in [7, 11) is 5.94. The van der Waals surface area contributed by atoms with E-state index in [-0.39, 0.29) is 0 Å². The Kier molecular flexibility index (Phi) is 5.09. The molecule has 0 fully saturated rings. The predicted octanol–water partition coefficient (Wildman–Crippen LogP) is 3.60. The van der Waals surface area contributed by atoms with Crippen LogP contribution >= 0.6 is 0 Å². The second kappa shape index (κ2) is 8.30. The van der Waals surface area contributed by atoms with E-state index in [1.165, 1.54) is 27.9 Å². The molecule has 0 aliphatic heterocycles. The number of rotatable bonds is 5. The number of hydrogen-bond donors (Lipinski definition) is 0. The van der Waals surface area contributed by atoms with Gasteiger partial charge in [-0.25, -0.2) is 9.97 Å². The Morgan fingerprint density at radius 2 is 1.80 bits per heavy atom. The first-order valence-corrected chi connectivity index (χ1v) is 11.9. The van der Waals surface area contributed by atoms with Gasteiger partial charge in [-0.1, -0.05) is 24.3 Å². The molecule has 0 saturated heterocycles. The van der Waals surface area contributed by atoms with Crippen LogP contribution in [0.2, 0.25) is 0 Å². The molecular weight excluding hydrogens is 436 g/mol. The van der Waals surface area contributed by atoms with Crippen molar-refractivity contribution >= 4 is 0 Å². The minimum atomic E-state index is 0.618. The highest BCUT2D eigenvalue weighted by Gasteiger charge is 2.26. The second-order valence-electron chi connectivity index (χ2n) is 9.41. The molecule has 4 heterocycles. The van der Waals surface area contributed by atoms with Crippen LogP contribution in [-0.4, -0.2) is 39.3 Å². The van der Waals surface area contributed by atoms with Gasteiger partial charge >= 0.3 is 0 Å². The van der Waals surface area contributed by atoms with Crippen molar-refractivity contribution in [3.63, 3.8) is 0 Å². The van der Waals surface area contributed by atoms with E-state index >= 15 is 0 Å². The molecule has 176 valence electrons. The molecule has 8 nitrogen and oxygen atoms in total. The zero-order chi connectivity index (χ0) is 24.1. The van der Waals surface area contributed by atoms with Gasteiger partial charge in [-0.3, -0.25) is 14.0 Å². The Hall–Kier alpha value is -4.07. The maximum absolute atomic E-state index is 5.05. The molecule has 0 N–H and O–H groups in total. The number of nitrogens with zero attached hydrogens (tertiary/aromatic N) is 8. The van der Waals surface area contributed by atoms with Crippen LogP contribution in [0.15, 0.2) is 48.9 Å². The maximum Gasteiger partial charge on any atom is 0.134 e. The molecular formula is C27H28N8. The van der Waals surface area contributed by atoms with Crippen molar-refractivity contribution in [2.75, 3.05) is 0 Å². The third-order valence-corrected chi connectivity index (χ3v) is 6.86. The largest absolute Gasteiger partial charge is 0.275 e. The van der Waals surface area contributed by atoms with Gasteiger partial charge in [-0.15, -0.1) is 0 Å². The van der Waals surface area contributed by atoms with Gasteiger partial charge in [0.05, 0.1) is 35.4 Å². The molecule has 4 aromatic heterocycles. The summed E-state index contributed by atoms with van der Waals surface area (Å²) in [6, 6.07) is 10.8. The predicted molar refractivity (Wildman–Crippen MR) is 134 cm³/mol. The number of hydrogen-bond acceptors (Lipinski definition) is 5. The van der Waals surface area contributed by atoms with Gasteiger partial charge in [0, 0.05) is 56.8 Å². The van der Waals surface area contributed by atoms with Crippen LogP contribution in [0.1, 0.15) is 39.7 Å². The maximum atomic E-state index is 5.05. The third kappa shape index (κ3) is 3.95. The van der Waals surface area contributed by atoms with Gasteiger partial charge < -0.3 is 0 Å². The quantitative estimate of drug-likeness (QED) is 0.397. The highest BCUT2D eigenvalue weighted by Crippen LogP contribution is 2.35. The smallest absolute Gasteiger partial charge is 0.134 e. The minimum Gasteiger partial charge on any atom is -0.275 e. The third-order valence-electron chi connectivity index (χ3n) is 6.86. The van der Waals surface area contributed by atoms with Gasteiger partial charge in [-0.2, -0.15) is 15.3 Å². The Bertz CT molecular complexity index is 1530. The molecule has 5 aromatic rings. The van der Waals surface area contributed by atoms with E-state index in [1.807, 2.05) is 53.8 Å². The van der Waals surface area contributed by atoms with Gasteiger partial charge in [0.2, 0.25) is 0 Å². The van der Waals surface area contributed by atoms with Crippen LogP contribution in [0, 0.1) is 6.92 Å². The van der Waals surface area contributed by atoms with Crippen molar-refractivity contribution in [3.8, 4) is 22.4 Å². The Labute approximate surface area is 204 Å². The van der Waals surface area contributed by atoms with E-state index in [0.717, 1.165) is 53.4 Å². The summed E-state index contributed by atoms with van der Waals surface area (Å²) in [6.07, 6.45) is 9.17. The van der Waals surface area contributed by atoms with Crippen molar-refractivity contribution in [1.82, 2.24) is 39.3 Å². The van der Waals surface area contributed by atoms with Crippen molar-refractivity contribution in [3.05, 3.63) is 88.6 Å². The van der Waals surface area contributed by atoms with Crippen LogP contribution in [0.4, 0.5) is 0 Å². The van der Waals surface area contributed by atoms with Gasteiger partial charge in [0.15, 0.2) is 0 Å². The molecule has 0 amide bonds. The lowest BCUT2D eigenvalue weighted by molar-refractivity contribution is 0.705. The molecule has 0 unspecified atom stereocenters. The van der Waals surface area contributed by atoms with Gasteiger partial charge in [0.1, 0.15) is 5.82 Å². The molecule has 8 heteroatoms. The lowest BCUT2D eigenvalue weighted by atomic mass is 9.91. The Morgan fingerprint density at radius 3 is 2.57 bits per heavy atom. The summed E-state index contributed by atoms with van der Waals surface area (Å²) in [4.78, 5) is 9.72. The summed E-state index contributed by atoms with van der Waals surface area (Å²) in [5.41, 5.74) is 11.3. The monoisotopic (exact) mass is 464 g/mol. The topological polar surface area (TPSA) is 79.2 Å². The fraction of sp³-hybridized carbons (Fsp3) is 0.296. The van der Waals surface area contributed by atoms with Crippen molar-refractivity contribution < 1.29 is 0 Å².